The van der Waals surface area contributed by atoms with Crippen LogP contribution in [0.1, 0.15) is 38.9 Å². The van der Waals surface area contributed by atoms with Crippen LogP contribution in [0, 0.1) is 0 Å². The Morgan fingerprint density at radius 3 is 2.69 bits per heavy atom. The van der Waals surface area contributed by atoms with Gasteiger partial charge in [0.2, 0.25) is 0 Å². The summed E-state index contributed by atoms with van der Waals surface area (Å²) in [6.45, 7) is 0. The molecule has 0 bridgehead atoms. The number of thiophene rings is 1. The fourth-order valence-electron chi connectivity index (χ4n) is 3.24. The Hall–Kier alpha value is -3.56. The van der Waals surface area contributed by atoms with Gasteiger partial charge in [0.1, 0.15) is 0 Å². The van der Waals surface area contributed by atoms with Crippen LogP contribution in [-0.2, 0) is 0 Å². The minimum Gasteiger partial charge on any atom is -0.322 e. The van der Waals surface area contributed by atoms with Crippen molar-refractivity contribution in [3.8, 4) is 11.4 Å². The summed E-state index contributed by atoms with van der Waals surface area (Å²) >= 11 is 7.55. The maximum Gasteiger partial charge on any atom is 0.265 e. The number of nitrogens with zero attached hydrogens (tertiary/aromatic N) is 4. The van der Waals surface area contributed by atoms with Gasteiger partial charge in [-0.1, -0.05) is 29.8 Å². The lowest BCUT2D eigenvalue weighted by molar-refractivity contribution is 0.101. The van der Waals surface area contributed by atoms with Gasteiger partial charge >= 0.3 is 0 Å². The molecule has 0 radical (unpaired) electrons. The van der Waals surface area contributed by atoms with Crippen LogP contribution in [0.5, 0.6) is 0 Å². The van der Waals surface area contributed by atoms with E-state index in [2.05, 4.69) is 26.2 Å². The summed E-state index contributed by atoms with van der Waals surface area (Å²) in [5.41, 5.74) is 2.16. The fraction of sp³-hybridized carbons (Fsp3) is 0.136. The number of carbonyl (C=O) groups is 2. The number of hydrogen-bond donors (Lipinski definition) is 2. The van der Waals surface area contributed by atoms with Crippen LogP contribution >= 0.6 is 22.9 Å². The third-order valence-corrected chi connectivity index (χ3v) is 6.18. The van der Waals surface area contributed by atoms with Gasteiger partial charge in [0.05, 0.1) is 21.6 Å². The molecule has 2 N–H and O–H groups in total. The van der Waals surface area contributed by atoms with Gasteiger partial charge in [-0.25, -0.2) is 4.68 Å². The maximum atomic E-state index is 12.9. The smallest absolute Gasteiger partial charge is 0.265 e. The summed E-state index contributed by atoms with van der Waals surface area (Å²) in [5.74, 6) is 0.0708. The van der Waals surface area contributed by atoms with Crippen LogP contribution in [0.25, 0.3) is 11.4 Å². The highest BCUT2D eigenvalue weighted by Crippen LogP contribution is 2.36. The summed E-state index contributed by atoms with van der Waals surface area (Å²) < 4.78 is 1.82. The molecule has 2 aromatic carbocycles. The number of aromatic nitrogens is 4. The highest BCUT2D eigenvalue weighted by Gasteiger charge is 2.28. The number of rotatable bonds is 6. The van der Waals surface area contributed by atoms with Gasteiger partial charge in [-0.05, 0) is 65.0 Å². The van der Waals surface area contributed by atoms with E-state index in [1.54, 1.807) is 36.4 Å². The zero-order chi connectivity index (χ0) is 22.1. The molecule has 8 nitrogen and oxygen atoms in total. The lowest BCUT2D eigenvalue weighted by Crippen LogP contribution is -2.14. The molecule has 0 saturated heterocycles. The Bertz CT molecular complexity index is 1300. The highest BCUT2D eigenvalue weighted by atomic mass is 35.5. The van der Waals surface area contributed by atoms with Crippen LogP contribution in [0.3, 0.4) is 0 Å². The van der Waals surface area contributed by atoms with E-state index in [0.29, 0.717) is 38.7 Å². The molecule has 0 spiro atoms. The van der Waals surface area contributed by atoms with E-state index in [0.717, 1.165) is 18.4 Å². The average molecular weight is 465 g/mol. The van der Waals surface area contributed by atoms with Crippen LogP contribution < -0.4 is 10.6 Å². The lowest BCUT2D eigenvalue weighted by Gasteiger charge is -2.10. The van der Waals surface area contributed by atoms with Gasteiger partial charge in [0.15, 0.2) is 5.82 Å². The van der Waals surface area contributed by atoms with Gasteiger partial charge in [0.25, 0.3) is 11.8 Å². The first kappa shape index (κ1) is 20.3. The number of anilines is 2. The second-order valence-electron chi connectivity index (χ2n) is 7.34. The van der Waals surface area contributed by atoms with E-state index in [-0.39, 0.29) is 11.8 Å². The van der Waals surface area contributed by atoms with Crippen LogP contribution in [0.4, 0.5) is 11.4 Å². The number of amides is 2. The van der Waals surface area contributed by atoms with Crippen LogP contribution in [-0.4, -0.2) is 32.0 Å². The molecule has 0 aliphatic heterocycles. The molecule has 5 rings (SSSR count). The van der Waals surface area contributed by atoms with E-state index >= 15 is 0 Å². The van der Waals surface area contributed by atoms with Crippen molar-refractivity contribution in [2.45, 2.75) is 18.9 Å². The van der Waals surface area contributed by atoms with Crippen molar-refractivity contribution in [2.75, 3.05) is 10.6 Å². The molecule has 4 aromatic rings. The first-order valence-electron chi connectivity index (χ1n) is 9.92. The fourth-order valence-corrected chi connectivity index (χ4v) is 4.03. The van der Waals surface area contributed by atoms with Gasteiger partial charge in [-0.15, -0.1) is 16.4 Å². The maximum absolute atomic E-state index is 12.9. The van der Waals surface area contributed by atoms with Gasteiger partial charge < -0.3 is 10.6 Å². The monoisotopic (exact) mass is 464 g/mol. The van der Waals surface area contributed by atoms with Gasteiger partial charge in [0, 0.05) is 16.8 Å². The third-order valence-electron chi connectivity index (χ3n) is 4.99. The predicted molar refractivity (Wildman–Crippen MR) is 123 cm³/mol. The average Bonchev–Trinajstić information content (AvgIpc) is 3.27. The molecule has 32 heavy (non-hydrogen) atoms. The second kappa shape index (κ2) is 8.52. The van der Waals surface area contributed by atoms with E-state index in [1.807, 2.05) is 28.3 Å². The quantitative estimate of drug-likeness (QED) is 0.422. The predicted octanol–water partition coefficient (Wildman–Crippen LogP) is 4.89. The van der Waals surface area contributed by atoms with Crippen molar-refractivity contribution in [3.63, 3.8) is 0 Å². The molecule has 2 amide bonds. The Balaban J connectivity index is 1.34. The van der Waals surface area contributed by atoms with Gasteiger partial charge in [-0.2, -0.15) is 0 Å². The van der Waals surface area contributed by atoms with E-state index in [4.69, 9.17) is 11.6 Å². The van der Waals surface area contributed by atoms with E-state index in [9.17, 15) is 9.59 Å². The van der Waals surface area contributed by atoms with Crippen molar-refractivity contribution in [2.24, 2.45) is 0 Å². The summed E-state index contributed by atoms with van der Waals surface area (Å²) in [5, 5.41) is 19.8. The van der Waals surface area contributed by atoms with Crippen LogP contribution in [0.2, 0.25) is 5.02 Å². The standard InChI is InChI=1S/C22H17ClN6O2S/c23-17-9-6-14(12-18(17)25-22(31)19-5-2-10-32-19)21(30)24-15-4-1-3-13(11-15)20-26-27-28-29(20)16-7-8-16/h1-6,9-12,16H,7-8H2,(H,24,30)(H,25,31). The van der Waals surface area contributed by atoms with Crippen molar-refractivity contribution >= 4 is 46.1 Å². The van der Waals surface area contributed by atoms with Crippen LogP contribution in [0.15, 0.2) is 60.0 Å². The van der Waals surface area contributed by atoms with Crippen molar-refractivity contribution < 1.29 is 9.59 Å². The molecule has 0 atom stereocenters. The van der Waals surface area contributed by atoms with E-state index < -0.39 is 0 Å². The summed E-state index contributed by atoms with van der Waals surface area (Å²) in [6.07, 6.45) is 2.13. The Labute approximate surface area is 192 Å². The molecular formula is C22H17ClN6O2S. The highest BCUT2D eigenvalue weighted by molar-refractivity contribution is 7.12. The summed E-state index contributed by atoms with van der Waals surface area (Å²) in [7, 11) is 0. The van der Waals surface area contributed by atoms with Crippen molar-refractivity contribution in [1.82, 2.24) is 20.2 Å². The van der Waals surface area contributed by atoms with Crippen molar-refractivity contribution in [3.05, 3.63) is 75.4 Å². The van der Waals surface area contributed by atoms with E-state index in [1.165, 1.54) is 11.3 Å². The first-order chi connectivity index (χ1) is 15.6. The molecule has 10 heteroatoms. The minimum absolute atomic E-state index is 0.277. The normalized spacial score (nSPS) is 13.0. The topological polar surface area (TPSA) is 102 Å². The Morgan fingerprint density at radius 1 is 1.03 bits per heavy atom. The number of halogens is 1. The molecular weight excluding hydrogens is 448 g/mol. The summed E-state index contributed by atoms with van der Waals surface area (Å²) in [4.78, 5) is 25.8. The molecule has 1 fully saturated rings. The SMILES string of the molecule is O=C(Nc1cccc(-c2nnnn2C2CC2)c1)c1ccc(Cl)c(NC(=O)c2cccs2)c1. The number of tetrazole rings is 1. The molecule has 1 saturated carbocycles. The number of hydrogen-bond acceptors (Lipinski definition) is 6. The summed E-state index contributed by atoms with van der Waals surface area (Å²) in [6, 6.07) is 16.0. The third kappa shape index (κ3) is 4.25. The lowest BCUT2D eigenvalue weighted by atomic mass is 10.1. The first-order valence-corrected chi connectivity index (χ1v) is 11.2. The zero-order valence-corrected chi connectivity index (χ0v) is 18.2. The molecule has 0 unspecified atom stereocenters. The molecule has 160 valence electrons. The zero-order valence-electron chi connectivity index (χ0n) is 16.7. The van der Waals surface area contributed by atoms with Gasteiger partial charge in [-0.3, -0.25) is 9.59 Å². The Kier molecular flexibility index (Phi) is 5.42. The molecule has 1 aliphatic carbocycles. The number of benzene rings is 2. The minimum atomic E-state index is -0.327. The second-order valence-corrected chi connectivity index (χ2v) is 8.69. The largest absolute Gasteiger partial charge is 0.322 e. The molecule has 2 heterocycles. The number of carbonyl (C=O) groups excluding carboxylic acids is 2. The molecule has 1 aliphatic rings. The molecule has 2 aromatic heterocycles. The number of nitrogens with one attached hydrogen (secondary N) is 2. The Morgan fingerprint density at radius 2 is 1.91 bits per heavy atom. The van der Waals surface area contributed by atoms with Crippen molar-refractivity contribution in [1.29, 1.82) is 0 Å².